The van der Waals surface area contributed by atoms with Crippen LogP contribution in [0.3, 0.4) is 0 Å². The quantitative estimate of drug-likeness (QED) is 0.0274. The van der Waals surface area contributed by atoms with Gasteiger partial charge >= 0.3 is 35.8 Å². The van der Waals surface area contributed by atoms with Gasteiger partial charge in [0.05, 0.1) is 63.0 Å². The molecule has 56 nitrogen and oxygen atoms in total. The summed E-state index contributed by atoms with van der Waals surface area (Å²) in [5.41, 5.74) is 17.8. The van der Waals surface area contributed by atoms with Crippen molar-refractivity contribution in [3.8, 4) is 0 Å². The van der Waals surface area contributed by atoms with E-state index in [1.165, 1.54) is 50.6 Å². The first-order valence-electron chi connectivity index (χ1n) is 43.6. The first-order chi connectivity index (χ1) is 65.3. The summed E-state index contributed by atoms with van der Waals surface area (Å²) < 4.78 is 0. The summed E-state index contributed by atoms with van der Waals surface area (Å²) in [5.74, 6) is -32.0. The van der Waals surface area contributed by atoms with Crippen molar-refractivity contribution in [2.24, 2.45) is 23.1 Å². The fraction of sp³-hybridized carbons (Fsp3) is 0.598. The number of aromatic amines is 1. The number of benzene rings is 1. The van der Waals surface area contributed by atoms with Crippen LogP contribution >= 0.6 is 11.8 Å². The molecule has 0 fully saturated rings. The minimum absolute atomic E-state index is 0.0113. The summed E-state index contributed by atoms with van der Waals surface area (Å²) in [6.07, 6.45) is -9.03. The van der Waals surface area contributed by atoms with Crippen molar-refractivity contribution >= 4 is 154 Å². The lowest BCUT2D eigenvalue weighted by Crippen LogP contribution is -2.63. The number of thioether (sulfide) groups is 1. The van der Waals surface area contributed by atoms with Crippen molar-refractivity contribution in [3.05, 3.63) is 54.1 Å². The number of carbonyl (C=O) groups excluding carboxylic acids is 18. The van der Waals surface area contributed by atoms with Crippen LogP contribution in [0.4, 0.5) is 0 Å². The van der Waals surface area contributed by atoms with Gasteiger partial charge in [0.2, 0.25) is 106 Å². The number of aliphatic hydroxyl groups excluding tert-OH is 4. The zero-order valence-corrected chi connectivity index (χ0v) is 77.7. The van der Waals surface area contributed by atoms with Gasteiger partial charge in [-0.2, -0.15) is 11.8 Å². The molecule has 0 bridgehead atoms. The molecular formula is C82H126N22O34S. The normalized spacial score (nSPS) is 14.9. The summed E-state index contributed by atoms with van der Waals surface area (Å²) in [5, 5.41) is 138. The molecule has 57 heteroatoms. The van der Waals surface area contributed by atoms with Crippen LogP contribution in [-0.2, 0) is 128 Å². The predicted octanol–water partition coefficient (Wildman–Crippen LogP) is -12.0. The van der Waals surface area contributed by atoms with E-state index in [0.717, 1.165) is 32.5 Å². The standard InChI is InChI=1S/C82H126N22O34S/c1-38(2)28-52(75(130)101-55(35-105)78(133)92-45(14-10-11-26-83)70(125)93-47(15-20-57(85)109)71(126)97-51(25-27-139-6)74(129)96-50(19-24-63(118)119)73(128)95-49(18-23-62(116)117)72(127)94-48(17-22-61(114)115)69(124)90-39(3)82(137)138)98-76(131)54(31-64(120)121)99-79(134)56(36-106)102-81(136)66(41(5)108)104-77(132)53(29-42-12-8-7-9-13-42)100-80(135)65(40(4)107)103-59(111)34-88-68(123)46(16-21-60(112)113)91-58(110)33-87-67(122)44(84)30-43-32-86-37-89-43/h7-9,12-13,32,37-41,44-56,65-66,105-108H,10-11,14-31,33-36,83-84H2,1-6H3,(H2,85,109)(H,86,89)(H,87,122)(H,88,123)(H,90,124)(H,91,110)(H,92,133)(H,93,125)(H,94,127)(H,95,128)(H,96,129)(H,97,126)(H,98,131)(H,99,134)(H,100,135)(H,101,130)(H,102,136)(H,103,111)(H,104,132)(H,112,113)(H,114,115)(H,116,117)(H,118,119)(H,120,121)(H,137,138)/t39-,40+,41+,44-,45-,46-,47-,48-,49-,50-,51-,52-,53-,54-,55-,56-,65-,66-/m0/s1. The number of unbranched alkanes of at least 4 members (excludes halogenated alkanes) is 1. The summed E-state index contributed by atoms with van der Waals surface area (Å²) >= 11 is 1.12. The highest BCUT2D eigenvalue weighted by molar-refractivity contribution is 7.98. The third-order valence-electron chi connectivity index (χ3n) is 20.2. The second kappa shape index (κ2) is 63.3. The van der Waals surface area contributed by atoms with E-state index >= 15 is 0 Å². The van der Waals surface area contributed by atoms with Crippen LogP contribution < -0.4 is 108 Å². The monoisotopic (exact) mass is 1990 g/mol. The zero-order valence-electron chi connectivity index (χ0n) is 76.8. The lowest BCUT2D eigenvalue weighted by molar-refractivity contribution is -0.142. The molecule has 0 aliphatic heterocycles. The van der Waals surface area contributed by atoms with Crippen LogP contribution in [0.15, 0.2) is 42.9 Å². The number of hydrogen-bond donors (Lipinski definition) is 31. The molecule has 0 aliphatic carbocycles. The number of aliphatic hydroxyl groups is 4. The molecule has 139 heavy (non-hydrogen) atoms. The number of carboxylic acids is 6. The topological polar surface area (TPSA) is 923 Å². The number of imidazole rings is 1. The molecule has 2 rings (SSSR count). The second-order valence-electron chi connectivity index (χ2n) is 32.3. The van der Waals surface area contributed by atoms with Gasteiger partial charge in [-0.15, -0.1) is 0 Å². The molecular weight excluding hydrogens is 1870 g/mol. The second-order valence-corrected chi connectivity index (χ2v) is 33.2. The number of amides is 18. The maximum Gasteiger partial charge on any atom is 0.325 e. The van der Waals surface area contributed by atoms with Crippen LogP contribution in [0, 0.1) is 5.92 Å². The molecule has 0 saturated carbocycles. The Hall–Kier alpha value is -14.2. The van der Waals surface area contributed by atoms with E-state index in [-0.39, 0.29) is 50.8 Å². The van der Waals surface area contributed by atoms with Gasteiger partial charge < -0.3 is 164 Å². The fourth-order valence-electron chi connectivity index (χ4n) is 12.7. The minimum atomic E-state index is -2.21. The van der Waals surface area contributed by atoms with Gasteiger partial charge in [0, 0.05) is 51.1 Å². The average Bonchev–Trinajstić information content (AvgIpc) is 1.29. The highest BCUT2D eigenvalue weighted by Crippen LogP contribution is 2.15. The van der Waals surface area contributed by atoms with Gasteiger partial charge in [0.1, 0.15) is 90.6 Å². The van der Waals surface area contributed by atoms with Gasteiger partial charge in [0.15, 0.2) is 0 Å². The van der Waals surface area contributed by atoms with Gasteiger partial charge in [-0.1, -0.05) is 44.2 Å². The molecule has 774 valence electrons. The molecule has 0 saturated heterocycles. The largest absolute Gasteiger partial charge is 0.481 e. The molecule has 18 atom stereocenters. The molecule has 0 unspecified atom stereocenters. The first kappa shape index (κ1) is 121. The van der Waals surface area contributed by atoms with Crippen molar-refractivity contribution in [1.82, 2.24) is 100 Å². The fourth-order valence-corrected chi connectivity index (χ4v) is 13.2. The molecule has 1 aromatic carbocycles. The number of aliphatic carboxylic acids is 6. The third-order valence-corrected chi connectivity index (χ3v) is 20.9. The summed E-state index contributed by atoms with van der Waals surface area (Å²) in [7, 11) is 0. The van der Waals surface area contributed by atoms with Crippen molar-refractivity contribution in [1.29, 1.82) is 0 Å². The van der Waals surface area contributed by atoms with Gasteiger partial charge in [-0.05, 0) is 115 Å². The van der Waals surface area contributed by atoms with Gasteiger partial charge in [-0.25, -0.2) is 4.98 Å². The lowest BCUT2D eigenvalue weighted by Gasteiger charge is -2.29. The Morgan fingerprint density at radius 1 is 0.388 bits per heavy atom. The number of nitrogens with two attached hydrogens (primary N) is 3. The summed E-state index contributed by atoms with van der Waals surface area (Å²) in [4.78, 5) is 325. The molecule has 34 N–H and O–H groups in total. The van der Waals surface area contributed by atoms with E-state index in [2.05, 4.69) is 84.4 Å². The van der Waals surface area contributed by atoms with E-state index in [0.29, 0.717) is 11.3 Å². The molecule has 1 heterocycles. The van der Waals surface area contributed by atoms with Crippen LogP contribution in [0.1, 0.15) is 149 Å². The van der Waals surface area contributed by atoms with E-state index < -0.39 is 360 Å². The number of nitrogens with one attached hydrogen (secondary N) is 18. The number of hydrogen-bond acceptors (Lipinski definition) is 32. The number of aromatic nitrogens is 2. The van der Waals surface area contributed by atoms with E-state index in [9.17, 15) is 166 Å². The average molecular weight is 2000 g/mol. The number of primary amides is 1. The first-order valence-corrected chi connectivity index (χ1v) is 45.0. The maximum atomic E-state index is 14.5. The number of carboxylic acid groups (broad SMARTS) is 6. The van der Waals surface area contributed by atoms with Crippen LogP contribution in [0.25, 0.3) is 0 Å². The smallest absolute Gasteiger partial charge is 0.325 e. The number of carbonyl (C=O) groups is 24. The molecule has 0 aliphatic rings. The Labute approximate surface area is 798 Å². The summed E-state index contributed by atoms with van der Waals surface area (Å²) in [6, 6.07) is -21.9. The number of rotatable bonds is 69. The van der Waals surface area contributed by atoms with Crippen molar-refractivity contribution in [2.75, 3.05) is 44.9 Å². The number of H-pyrrole nitrogens is 1. The molecule has 0 spiro atoms. The summed E-state index contributed by atoms with van der Waals surface area (Å²) in [6.45, 7) is 1.77. The Balaban J connectivity index is 2.44. The highest BCUT2D eigenvalue weighted by Gasteiger charge is 2.41. The molecule has 1 aromatic heterocycles. The van der Waals surface area contributed by atoms with Gasteiger partial charge in [-0.3, -0.25) is 115 Å². The van der Waals surface area contributed by atoms with E-state index in [4.69, 9.17) is 17.2 Å². The Morgan fingerprint density at radius 3 is 1.15 bits per heavy atom. The lowest BCUT2D eigenvalue weighted by atomic mass is 10.0. The van der Waals surface area contributed by atoms with Crippen LogP contribution in [-0.4, -0.2) is 357 Å². The SMILES string of the molecule is CSCC[C@H](NC(=O)[C@H](CCC(N)=O)NC(=O)[C@H](CCCCN)NC(=O)[C@H](CO)NC(=O)[C@H](CC(C)C)NC(=O)[C@H](CC(=O)O)NC(=O)[C@H](CO)NC(=O)[C@@H](NC(=O)[C@H](Cc1ccccc1)NC(=O)[C@@H](NC(=O)CNC(=O)[C@H](CCC(=O)O)NC(=O)CNC(=O)[C@@H](N)Cc1c[nH]cn1)[C@@H](C)O)[C@@H](C)O)C(=O)N[C@@H](CCC(=O)O)C(=O)N[C@@H](CCC(=O)O)C(=O)N[C@@H](CCC(=O)O)C(=O)N[C@@H](C)C(=O)O. The van der Waals surface area contributed by atoms with Gasteiger partial charge in [0.25, 0.3) is 0 Å². The predicted molar refractivity (Wildman–Crippen MR) is 480 cm³/mol. The third kappa shape index (κ3) is 47.4. The Kier molecular flexibility index (Phi) is 55.0. The van der Waals surface area contributed by atoms with Crippen molar-refractivity contribution < 1.29 is 166 Å². The molecule has 2 aromatic rings. The van der Waals surface area contributed by atoms with Crippen molar-refractivity contribution in [2.45, 2.75) is 259 Å². The molecule has 18 amide bonds. The van der Waals surface area contributed by atoms with E-state index in [1.807, 2.05) is 16.0 Å². The molecule has 0 radical (unpaired) electrons. The highest BCUT2D eigenvalue weighted by atomic mass is 32.2. The van der Waals surface area contributed by atoms with Crippen LogP contribution in [0.2, 0.25) is 0 Å². The van der Waals surface area contributed by atoms with E-state index in [1.54, 1.807) is 12.3 Å². The van der Waals surface area contributed by atoms with Crippen molar-refractivity contribution in [3.63, 3.8) is 0 Å². The maximum absolute atomic E-state index is 14.5. The zero-order chi connectivity index (χ0) is 105. The Morgan fingerprint density at radius 2 is 0.748 bits per heavy atom. The number of nitrogens with zero attached hydrogens (tertiary/aromatic N) is 1. The Bertz CT molecular complexity index is 4550. The van der Waals surface area contributed by atoms with Crippen LogP contribution in [0.5, 0.6) is 0 Å². The minimum Gasteiger partial charge on any atom is -0.481 e.